The average molecular weight is 182 g/mol. The van der Waals surface area contributed by atoms with E-state index in [0.717, 1.165) is 5.56 Å². The number of nitrogen functional groups attached to an aromatic ring is 2. The summed E-state index contributed by atoms with van der Waals surface area (Å²) in [6.45, 7) is 1.49. The van der Waals surface area contributed by atoms with E-state index >= 15 is 0 Å². The van der Waals surface area contributed by atoms with Crippen LogP contribution in [0.4, 0.5) is 10.0 Å². The van der Waals surface area contributed by atoms with E-state index in [2.05, 4.69) is 0 Å². The SMILES string of the molecule is CC(=O)/C=C/c1cc(N)sc1N. The van der Waals surface area contributed by atoms with Crippen LogP contribution in [-0.4, -0.2) is 5.78 Å². The molecule has 0 saturated carbocycles. The largest absolute Gasteiger partial charge is 0.391 e. The maximum atomic E-state index is 10.6. The number of nitrogens with two attached hydrogens (primary N) is 2. The summed E-state index contributed by atoms with van der Waals surface area (Å²) in [7, 11) is 0. The van der Waals surface area contributed by atoms with E-state index in [-0.39, 0.29) is 5.78 Å². The lowest BCUT2D eigenvalue weighted by molar-refractivity contribution is -0.112. The van der Waals surface area contributed by atoms with Crippen LogP contribution in [-0.2, 0) is 4.79 Å². The van der Waals surface area contributed by atoms with Gasteiger partial charge in [0.1, 0.15) is 0 Å². The van der Waals surface area contributed by atoms with E-state index in [0.29, 0.717) is 10.0 Å². The molecule has 0 saturated heterocycles. The molecule has 0 bridgehead atoms. The molecule has 4 N–H and O–H groups in total. The summed E-state index contributed by atoms with van der Waals surface area (Å²) >= 11 is 1.31. The van der Waals surface area contributed by atoms with Gasteiger partial charge in [-0.15, -0.1) is 11.3 Å². The molecule has 0 fully saturated rings. The Balaban J connectivity index is 2.89. The Bertz CT molecular complexity index is 328. The number of allylic oxidation sites excluding steroid dienone is 1. The summed E-state index contributed by atoms with van der Waals surface area (Å²) < 4.78 is 0. The Morgan fingerprint density at radius 2 is 2.25 bits per heavy atom. The highest BCUT2D eigenvalue weighted by atomic mass is 32.1. The van der Waals surface area contributed by atoms with Gasteiger partial charge in [0.15, 0.2) is 5.78 Å². The number of hydrogen-bond donors (Lipinski definition) is 2. The Kier molecular flexibility index (Phi) is 2.50. The molecule has 0 aliphatic carbocycles. The lowest BCUT2D eigenvalue weighted by Gasteiger charge is -1.86. The molecule has 0 atom stereocenters. The van der Waals surface area contributed by atoms with Gasteiger partial charge < -0.3 is 11.5 Å². The predicted octanol–water partition coefficient (Wildman–Crippen LogP) is 1.51. The molecule has 3 nitrogen and oxygen atoms in total. The van der Waals surface area contributed by atoms with Crippen molar-refractivity contribution in [3.8, 4) is 0 Å². The average Bonchev–Trinajstić information content (AvgIpc) is 2.26. The van der Waals surface area contributed by atoms with E-state index in [9.17, 15) is 4.79 Å². The summed E-state index contributed by atoms with van der Waals surface area (Å²) in [5.74, 6) is -0.000767. The minimum atomic E-state index is -0.000767. The minimum absolute atomic E-state index is 0.000767. The molecular weight excluding hydrogens is 172 g/mol. The van der Waals surface area contributed by atoms with Gasteiger partial charge in [-0.05, 0) is 25.1 Å². The molecule has 64 valence electrons. The first-order valence-corrected chi connectivity index (χ1v) is 4.24. The molecule has 1 rings (SSSR count). The maximum Gasteiger partial charge on any atom is 0.152 e. The van der Waals surface area contributed by atoms with E-state index in [1.165, 1.54) is 24.3 Å². The van der Waals surface area contributed by atoms with Crippen molar-refractivity contribution in [2.75, 3.05) is 11.5 Å². The van der Waals surface area contributed by atoms with Crippen LogP contribution in [0.1, 0.15) is 12.5 Å². The van der Waals surface area contributed by atoms with Crippen molar-refractivity contribution in [3.05, 3.63) is 17.7 Å². The summed E-state index contributed by atoms with van der Waals surface area (Å²) in [5.41, 5.74) is 11.9. The lowest BCUT2D eigenvalue weighted by atomic mass is 10.2. The Hall–Kier alpha value is -1.29. The van der Waals surface area contributed by atoms with Gasteiger partial charge in [0.2, 0.25) is 0 Å². The van der Waals surface area contributed by atoms with Crippen molar-refractivity contribution in [1.82, 2.24) is 0 Å². The van der Waals surface area contributed by atoms with Crippen LogP contribution in [0.2, 0.25) is 0 Å². The fourth-order valence-corrected chi connectivity index (χ4v) is 1.46. The first-order chi connectivity index (χ1) is 5.59. The maximum absolute atomic E-state index is 10.6. The van der Waals surface area contributed by atoms with Gasteiger partial charge in [-0.25, -0.2) is 0 Å². The highest BCUT2D eigenvalue weighted by Crippen LogP contribution is 2.27. The van der Waals surface area contributed by atoms with Crippen LogP contribution in [0, 0.1) is 0 Å². The van der Waals surface area contributed by atoms with Gasteiger partial charge in [-0.2, -0.15) is 0 Å². The molecule has 1 aromatic heterocycles. The van der Waals surface area contributed by atoms with Gasteiger partial charge in [-0.1, -0.05) is 0 Å². The molecule has 0 radical (unpaired) electrons. The number of anilines is 2. The first kappa shape index (κ1) is 8.80. The van der Waals surface area contributed by atoms with Gasteiger partial charge in [0.05, 0.1) is 10.0 Å². The molecule has 0 aliphatic rings. The highest BCUT2D eigenvalue weighted by molar-refractivity contribution is 7.19. The summed E-state index contributed by atoms with van der Waals surface area (Å²) in [6, 6.07) is 1.75. The van der Waals surface area contributed by atoms with Crippen molar-refractivity contribution >= 4 is 33.2 Å². The summed E-state index contributed by atoms with van der Waals surface area (Å²) in [4.78, 5) is 10.6. The highest BCUT2D eigenvalue weighted by Gasteiger charge is 1.99. The molecule has 0 amide bonds. The third-order valence-electron chi connectivity index (χ3n) is 1.31. The van der Waals surface area contributed by atoms with Crippen molar-refractivity contribution in [2.45, 2.75) is 6.92 Å². The van der Waals surface area contributed by atoms with Gasteiger partial charge in [0.25, 0.3) is 0 Å². The predicted molar refractivity (Wildman–Crippen MR) is 52.9 cm³/mol. The molecule has 0 aliphatic heterocycles. The van der Waals surface area contributed by atoms with Crippen LogP contribution >= 0.6 is 11.3 Å². The smallest absolute Gasteiger partial charge is 0.152 e. The van der Waals surface area contributed by atoms with E-state index in [1.54, 1.807) is 12.1 Å². The van der Waals surface area contributed by atoms with E-state index in [4.69, 9.17) is 11.5 Å². The van der Waals surface area contributed by atoms with Crippen LogP contribution in [0.3, 0.4) is 0 Å². The van der Waals surface area contributed by atoms with Crippen molar-refractivity contribution in [1.29, 1.82) is 0 Å². The monoisotopic (exact) mass is 182 g/mol. The number of hydrogen-bond acceptors (Lipinski definition) is 4. The van der Waals surface area contributed by atoms with Crippen LogP contribution in [0.25, 0.3) is 6.08 Å². The molecule has 0 aromatic carbocycles. The van der Waals surface area contributed by atoms with Gasteiger partial charge >= 0.3 is 0 Å². The zero-order valence-electron chi connectivity index (χ0n) is 6.70. The van der Waals surface area contributed by atoms with Gasteiger partial charge in [-0.3, -0.25) is 4.79 Å². The summed E-state index contributed by atoms with van der Waals surface area (Å²) in [5, 5.41) is 1.31. The second kappa shape index (κ2) is 3.40. The Morgan fingerprint density at radius 3 is 2.67 bits per heavy atom. The Morgan fingerprint density at radius 1 is 1.58 bits per heavy atom. The van der Waals surface area contributed by atoms with Crippen LogP contribution in [0.5, 0.6) is 0 Å². The second-order valence-electron chi connectivity index (χ2n) is 2.41. The summed E-state index contributed by atoms with van der Waals surface area (Å²) in [6.07, 6.45) is 3.14. The third-order valence-corrected chi connectivity index (χ3v) is 2.12. The third kappa shape index (κ3) is 2.10. The van der Waals surface area contributed by atoms with Crippen molar-refractivity contribution < 1.29 is 4.79 Å². The molecule has 1 aromatic rings. The van der Waals surface area contributed by atoms with E-state index < -0.39 is 0 Å². The fraction of sp³-hybridized carbons (Fsp3) is 0.125. The van der Waals surface area contributed by atoms with Crippen LogP contribution < -0.4 is 11.5 Å². The zero-order valence-corrected chi connectivity index (χ0v) is 7.52. The topological polar surface area (TPSA) is 69.1 Å². The first-order valence-electron chi connectivity index (χ1n) is 3.43. The lowest BCUT2D eigenvalue weighted by Crippen LogP contribution is -1.83. The van der Waals surface area contributed by atoms with Crippen molar-refractivity contribution in [3.63, 3.8) is 0 Å². The Labute approximate surface area is 74.7 Å². The number of carbonyl (C=O) groups excluding carboxylic acids is 1. The molecule has 4 heteroatoms. The molecule has 0 unspecified atom stereocenters. The molecular formula is C8H10N2OS. The standard InChI is InChI=1S/C8H10N2OS/c1-5(11)2-3-6-4-7(9)12-8(6)10/h2-4H,9-10H2,1H3/b3-2+. The minimum Gasteiger partial charge on any atom is -0.391 e. The number of ketones is 1. The number of carbonyl (C=O) groups is 1. The van der Waals surface area contributed by atoms with Gasteiger partial charge in [0, 0.05) is 5.56 Å². The number of thiophene rings is 1. The van der Waals surface area contributed by atoms with Crippen molar-refractivity contribution in [2.24, 2.45) is 0 Å². The zero-order chi connectivity index (χ0) is 9.14. The van der Waals surface area contributed by atoms with Crippen LogP contribution in [0.15, 0.2) is 12.1 Å². The quantitative estimate of drug-likeness (QED) is 0.681. The molecule has 1 heterocycles. The fourth-order valence-electron chi connectivity index (χ4n) is 0.777. The second-order valence-corrected chi connectivity index (χ2v) is 3.53. The normalized spacial score (nSPS) is 10.8. The molecule has 0 spiro atoms. The molecule has 12 heavy (non-hydrogen) atoms. The van der Waals surface area contributed by atoms with E-state index in [1.807, 2.05) is 0 Å². The number of rotatable bonds is 2.